The number of likely N-dealkylation sites (tertiary alicyclic amines) is 1. The first-order chi connectivity index (χ1) is 13.1. The molecule has 2 aliphatic heterocycles. The van der Waals surface area contributed by atoms with Gasteiger partial charge in [0.25, 0.3) is 0 Å². The quantitative estimate of drug-likeness (QED) is 0.867. The highest BCUT2D eigenvalue weighted by Gasteiger charge is 2.42. The van der Waals surface area contributed by atoms with Crippen molar-refractivity contribution in [3.63, 3.8) is 0 Å². The van der Waals surface area contributed by atoms with E-state index in [9.17, 15) is 10.2 Å². The lowest BCUT2D eigenvalue weighted by atomic mass is 9.81. The largest absolute Gasteiger partial charge is 0.497 e. The summed E-state index contributed by atoms with van der Waals surface area (Å²) in [6.45, 7) is 2.30. The van der Waals surface area contributed by atoms with E-state index in [0.717, 1.165) is 48.6 Å². The average Bonchev–Trinajstić information content (AvgIpc) is 2.70. The summed E-state index contributed by atoms with van der Waals surface area (Å²) in [6, 6.07) is 15.3. The van der Waals surface area contributed by atoms with Crippen molar-refractivity contribution in [2.45, 2.75) is 37.1 Å². The molecule has 144 valence electrons. The standard InChI is InChI=1S/C22H27NO4/c1-26-17-8-6-16(7-9-17)20(25)15-23-12-10-22(11-13-23)14-19(24)18-4-2-3-5-21(18)27-22/h2-9,19-20,24-25H,10-15H2,1H3/t19-,20+/m0/s1. The molecule has 0 aliphatic carbocycles. The van der Waals surface area contributed by atoms with E-state index in [1.54, 1.807) is 7.11 Å². The van der Waals surface area contributed by atoms with Gasteiger partial charge < -0.3 is 24.6 Å². The minimum Gasteiger partial charge on any atom is -0.497 e. The fourth-order valence-electron chi connectivity index (χ4n) is 4.21. The van der Waals surface area contributed by atoms with Crippen molar-refractivity contribution in [3.8, 4) is 11.5 Å². The summed E-state index contributed by atoms with van der Waals surface area (Å²) in [5.41, 5.74) is 1.49. The molecular formula is C22H27NO4. The van der Waals surface area contributed by atoms with Crippen LogP contribution < -0.4 is 9.47 Å². The van der Waals surface area contributed by atoms with Crippen LogP contribution in [0.4, 0.5) is 0 Å². The molecule has 2 N–H and O–H groups in total. The average molecular weight is 369 g/mol. The van der Waals surface area contributed by atoms with Crippen LogP contribution in [0.15, 0.2) is 48.5 Å². The summed E-state index contributed by atoms with van der Waals surface area (Å²) in [7, 11) is 1.64. The number of aliphatic hydroxyl groups is 2. The lowest BCUT2D eigenvalue weighted by Gasteiger charge is -2.46. The Morgan fingerprint density at radius 3 is 2.56 bits per heavy atom. The number of benzene rings is 2. The van der Waals surface area contributed by atoms with Crippen molar-refractivity contribution < 1.29 is 19.7 Å². The van der Waals surface area contributed by atoms with Crippen LogP contribution in [0.2, 0.25) is 0 Å². The third kappa shape index (κ3) is 3.81. The van der Waals surface area contributed by atoms with Crippen molar-refractivity contribution in [1.29, 1.82) is 0 Å². The topological polar surface area (TPSA) is 62.2 Å². The highest BCUT2D eigenvalue weighted by atomic mass is 16.5. The Balaban J connectivity index is 1.36. The van der Waals surface area contributed by atoms with Gasteiger partial charge in [0.05, 0.1) is 19.3 Å². The van der Waals surface area contributed by atoms with Gasteiger partial charge in [-0.25, -0.2) is 0 Å². The zero-order valence-electron chi connectivity index (χ0n) is 15.7. The van der Waals surface area contributed by atoms with Crippen molar-refractivity contribution in [1.82, 2.24) is 4.90 Å². The number of rotatable bonds is 4. The number of fused-ring (bicyclic) bond motifs is 1. The summed E-state index contributed by atoms with van der Waals surface area (Å²) in [5.74, 6) is 1.60. The number of β-amino-alcohol motifs (C(OH)–C–C–N with tert-alkyl or cyclic N) is 1. The summed E-state index contributed by atoms with van der Waals surface area (Å²) in [6.07, 6.45) is 1.36. The number of ether oxygens (including phenoxy) is 2. The number of piperidine rings is 1. The van der Waals surface area contributed by atoms with Crippen LogP contribution in [-0.2, 0) is 0 Å². The Labute approximate surface area is 160 Å². The molecule has 2 atom stereocenters. The van der Waals surface area contributed by atoms with Crippen LogP contribution in [0.1, 0.15) is 42.6 Å². The molecule has 1 spiro atoms. The number of methoxy groups -OCH3 is 1. The van der Waals surface area contributed by atoms with Crippen molar-refractivity contribution in [2.24, 2.45) is 0 Å². The first-order valence-electron chi connectivity index (χ1n) is 9.59. The minimum absolute atomic E-state index is 0.296. The normalized spacial score (nSPS) is 22.7. The maximum atomic E-state index is 10.6. The van der Waals surface area contributed by atoms with Crippen LogP contribution in [0, 0.1) is 0 Å². The molecule has 0 unspecified atom stereocenters. The zero-order chi connectivity index (χ0) is 18.9. The van der Waals surface area contributed by atoms with Gasteiger partial charge in [0.15, 0.2) is 0 Å². The second kappa shape index (κ2) is 7.50. The third-order valence-electron chi connectivity index (χ3n) is 5.87. The second-order valence-electron chi connectivity index (χ2n) is 7.63. The van der Waals surface area contributed by atoms with E-state index in [1.807, 2.05) is 48.5 Å². The first kappa shape index (κ1) is 18.3. The van der Waals surface area contributed by atoms with Crippen molar-refractivity contribution >= 4 is 0 Å². The number of hydrogen-bond donors (Lipinski definition) is 2. The maximum Gasteiger partial charge on any atom is 0.125 e. The van der Waals surface area contributed by atoms with Gasteiger partial charge in [-0.05, 0) is 36.6 Å². The summed E-state index contributed by atoms with van der Waals surface area (Å²) >= 11 is 0. The van der Waals surface area contributed by atoms with Crippen LogP contribution >= 0.6 is 0 Å². The third-order valence-corrected chi connectivity index (χ3v) is 5.87. The SMILES string of the molecule is COc1ccc([C@H](O)CN2CCC3(CC2)C[C@H](O)c2ccccc2O3)cc1. The molecule has 0 amide bonds. The smallest absolute Gasteiger partial charge is 0.125 e. The highest BCUT2D eigenvalue weighted by Crippen LogP contribution is 2.44. The molecule has 5 heteroatoms. The molecule has 1 fully saturated rings. The van der Waals surface area contributed by atoms with E-state index in [2.05, 4.69) is 4.90 Å². The predicted octanol–water partition coefficient (Wildman–Crippen LogP) is 3.08. The molecule has 4 rings (SSSR count). The van der Waals surface area contributed by atoms with E-state index in [1.165, 1.54) is 0 Å². The van der Waals surface area contributed by atoms with Gasteiger partial charge in [0.2, 0.25) is 0 Å². The number of hydrogen-bond acceptors (Lipinski definition) is 5. The van der Waals surface area contributed by atoms with Crippen LogP contribution in [-0.4, -0.2) is 47.5 Å². The molecule has 0 bridgehead atoms. The van der Waals surface area contributed by atoms with Gasteiger partial charge >= 0.3 is 0 Å². The minimum atomic E-state index is -0.524. The van der Waals surface area contributed by atoms with E-state index < -0.39 is 12.2 Å². The molecule has 2 aliphatic rings. The Kier molecular flexibility index (Phi) is 5.08. The van der Waals surface area contributed by atoms with E-state index in [-0.39, 0.29) is 5.60 Å². The second-order valence-corrected chi connectivity index (χ2v) is 7.63. The lowest BCUT2D eigenvalue weighted by Crippen LogP contribution is -2.51. The van der Waals surface area contributed by atoms with Gasteiger partial charge in [-0.1, -0.05) is 30.3 Å². The Bertz CT molecular complexity index is 768. The number of nitrogens with zero attached hydrogens (tertiary/aromatic N) is 1. The Morgan fingerprint density at radius 2 is 1.85 bits per heavy atom. The molecular weight excluding hydrogens is 342 g/mol. The predicted molar refractivity (Wildman–Crippen MR) is 103 cm³/mol. The molecule has 27 heavy (non-hydrogen) atoms. The summed E-state index contributed by atoms with van der Waals surface area (Å²) in [5, 5.41) is 21.1. The monoisotopic (exact) mass is 369 g/mol. The first-order valence-corrected chi connectivity index (χ1v) is 9.59. The Hall–Kier alpha value is -2.08. The van der Waals surface area contributed by atoms with E-state index in [0.29, 0.717) is 13.0 Å². The highest BCUT2D eigenvalue weighted by molar-refractivity contribution is 5.38. The summed E-state index contributed by atoms with van der Waals surface area (Å²) < 4.78 is 11.5. The van der Waals surface area contributed by atoms with Gasteiger partial charge in [-0.15, -0.1) is 0 Å². The fraction of sp³-hybridized carbons (Fsp3) is 0.455. The van der Waals surface area contributed by atoms with Gasteiger partial charge in [0.1, 0.15) is 17.1 Å². The van der Waals surface area contributed by atoms with E-state index in [4.69, 9.17) is 9.47 Å². The fourth-order valence-corrected chi connectivity index (χ4v) is 4.21. The zero-order valence-corrected chi connectivity index (χ0v) is 15.7. The maximum absolute atomic E-state index is 10.6. The van der Waals surface area contributed by atoms with Gasteiger partial charge in [-0.3, -0.25) is 0 Å². The van der Waals surface area contributed by atoms with Gasteiger partial charge in [-0.2, -0.15) is 0 Å². The molecule has 0 saturated carbocycles. The molecule has 0 aromatic heterocycles. The van der Waals surface area contributed by atoms with Crippen LogP contribution in [0.25, 0.3) is 0 Å². The molecule has 5 nitrogen and oxygen atoms in total. The summed E-state index contributed by atoms with van der Waals surface area (Å²) in [4.78, 5) is 2.27. The van der Waals surface area contributed by atoms with Crippen LogP contribution in [0.5, 0.6) is 11.5 Å². The molecule has 2 aromatic rings. The molecule has 1 saturated heterocycles. The molecule has 0 radical (unpaired) electrons. The molecule has 2 heterocycles. The number of para-hydroxylation sites is 1. The van der Waals surface area contributed by atoms with Crippen molar-refractivity contribution in [2.75, 3.05) is 26.7 Å². The van der Waals surface area contributed by atoms with Crippen LogP contribution in [0.3, 0.4) is 0 Å². The van der Waals surface area contributed by atoms with Gasteiger partial charge in [0, 0.05) is 31.6 Å². The van der Waals surface area contributed by atoms with E-state index >= 15 is 0 Å². The molecule has 2 aromatic carbocycles. The lowest BCUT2D eigenvalue weighted by molar-refractivity contribution is -0.0587. The van der Waals surface area contributed by atoms with Crippen molar-refractivity contribution in [3.05, 3.63) is 59.7 Å². The number of aliphatic hydroxyl groups excluding tert-OH is 2. The Morgan fingerprint density at radius 1 is 1.15 bits per heavy atom.